The van der Waals surface area contributed by atoms with Gasteiger partial charge in [-0.2, -0.15) is 0 Å². The van der Waals surface area contributed by atoms with Crippen molar-refractivity contribution in [2.24, 2.45) is 5.41 Å². The van der Waals surface area contributed by atoms with Gasteiger partial charge in [-0.15, -0.1) is 0 Å². The zero-order valence-corrected chi connectivity index (χ0v) is 13.9. The van der Waals surface area contributed by atoms with Crippen molar-refractivity contribution in [2.75, 3.05) is 13.1 Å². The largest absolute Gasteiger partial charge is 0.338 e. The van der Waals surface area contributed by atoms with Gasteiger partial charge in [0.05, 0.1) is 0 Å². The standard InChI is InChI=1S/C19H27NO/c1-14(2)16-7-6-8-17(13-16)15-9-11-20(12-10-15)18(21)19(3,4)5/h6-9,13-14H,10-12H2,1-5H3. The van der Waals surface area contributed by atoms with Crippen molar-refractivity contribution >= 4 is 11.5 Å². The number of carbonyl (C=O) groups excluding carboxylic acids is 1. The lowest BCUT2D eigenvalue weighted by molar-refractivity contribution is -0.138. The van der Waals surface area contributed by atoms with Crippen molar-refractivity contribution in [3.8, 4) is 0 Å². The Bertz CT molecular complexity index is 549. The molecule has 0 spiro atoms. The van der Waals surface area contributed by atoms with Crippen LogP contribution >= 0.6 is 0 Å². The highest BCUT2D eigenvalue weighted by Crippen LogP contribution is 2.27. The minimum atomic E-state index is -0.289. The number of benzene rings is 1. The molecule has 1 heterocycles. The number of amides is 1. The van der Waals surface area contributed by atoms with E-state index in [1.165, 1.54) is 16.7 Å². The first-order valence-corrected chi connectivity index (χ1v) is 7.88. The van der Waals surface area contributed by atoms with Gasteiger partial charge in [0.1, 0.15) is 0 Å². The molecule has 0 fully saturated rings. The zero-order valence-electron chi connectivity index (χ0n) is 13.9. The zero-order chi connectivity index (χ0) is 15.6. The van der Waals surface area contributed by atoms with Crippen LogP contribution in [0, 0.1) is 5.41 Å². The minimum Gasteiger partial charge on any atom is -0.338 e. The maximum absolute atomic E-state index is 12.3. The molecule has 0 radical (unpaired) electrons. The van der Waals surface area contributed by atoms with Gasteiger partial charge >= 0.3 is 0 Å². The van der Waals surface area contributed by atoms with E-state index in [1.54, 1.807) is 0 Å². The Morgan fingerprint density at radius 2 is 1.95 bits per heavy atom. The predicted octanol–water partition coefficient (Wildman–Crippen LogP) is 4.47. The maximum atomic E-state index is 12.3. The minimum absolute atomic E-state index is 0.244. The van der Waals surface area contributed by atoms with E-state index in [-0.39, 0.29) is 11.3 Å². The van der Waals surface area contributed by atoms with Crippen LogP contribution in [-0.4, -0.2) is 23.9 Å². The second-order valence-electron chi connectivity index (χ2n) is 7.26. The number of nitrogens with zero attached hydrogens (tertiary/aromatic N) is 1. The van der Waals surface area contributed by atoms with Gasteiger partial charge in [0, 0.05) is 18.5 Å². The summed E-state index contributed by atoms with van der Waals surface area (Å²) in [4.78, 5) is 14.3. The summed E-state index contributed by atoms with van der Waals surface area (Å²) in [7, 11) is 0. The molecule has 114 valence electrons. The first kappa shape index (κ1) is 15.8. The number of hydrogen-bond acceptors (Lipinski definition) is 1. The van der Waals surface area contributed by atoms with E-state index in [4.69, 9.17) is 0 Å². The summed E-state index contributed by atoms with van der Waals surface area (Å²) >= 11 is 0. The van der Waals surface area contributed by atoms with E-state index < -0.39 is 0 Å². The molecule has 0 saturated heterocycles. The monoisotopic (exact) mass is 285 g/mol. The Morgan fingerprint density at radius 1 is 1.24 bits per heavy atom. The molecule has 1 aromatic rings. The fraction of sp³-hybridized carbons (Fsp3) is 0.526. The summed E-state index contributed by atoms with van der Waals surface area (Å²) in [5.74, 6) is 0.793. The third kappa shape index (κ3) is 3.75. The van der Waals surface area contributed by atoms with Crippen molar-refractivity contribution in [1.82, 2.24) is 4.90 Å². The van der Waals surface area contributed by atoms with Crippen LogP contribution in [0.15, 0.2) is 30.3 Å². The Morgan fingerprint density at radius 3 is 2.48 bits per heavy atom. The molecular formula is C19H27NO. The molecule has 1 aliphatic rings. The van der Waals surface area contributed by atoms with Crippen LogP contribution in [0.25, 0.3) is 5.57 Å². The van der Waals surface area contributed by atoms with Gasteiger partial charge < -0.3 is 4.90 Å². The van der Waals surface area contributed by atoms with Gasteiger partial charge in [-0.05, 0) is 29.0 Å². The topological polar surface area (TPSA) is 20.3 Å². The highest BCUT2D eigenvalue weighted by atomic mass is 16.2. The van der Waals surface area contributed by atoms with Gasteiger partial charge in [-0.25, -0.2) is 0 Å². The molecule has 2 rings (SSSR count). The first-order chi connectivity index (χ1) is 9.79. The van der Waals surface area contributed by atoms with Gasteiger partial charge in [0.25, 0.3) is 0 Å². The van der Waals surface area contributed by atoms with Crippen LogP contribution in [0.4, 0.5) is 0 Å². The molecule has 2 heteroatoms. The average molecular weight is 285 g/mol. The maximum Gasteiger partial charge on any atom is 0.228 e. The Kier molecular flexibility index (Phi) is 4.55. The summed E-state index contributed by atoms with van der Waals surface area (Å²) in [6, 6.07) is 8.79. The molecule has 21 heavy (non-hydrogen) atoms. The van der Waals surface area contributed by atoms with Crippen LogP contribution < -0.4 is 0 Å². The van der Waals surface area contributed by atoms with E-state index >= 15 is 0 Å². The molecule has 0 atom stereocenters. The van der Waals surface area contributed by atoms with Crippen molar-refractivity contribution in [2.45, 2.75) is 47.0 Å². The third-order valence-electron chi connectivity index (χ3n) is 4.06. The first-order valence-electron chi connectivity index (χ1n) is 7.88. The van der Waals surface area contributed by atoms with Crippen LogP contribution in [0.3, 0.4) is 0 Å². The van der Waals surface area contributed by atoms with Gasteiger partial charge in [-0.1, -0.05) is 65.0 Å². The molecule has 1 aromatic carbocycles. The molecule has 1 amide bonds. The summed E-state index contributed by atoms with van der Waals surface area (Å²) in [5, 5.41) is 0. The highest BCUT2D eigenvalue weighted by Gasteiger charge is 2.28. The third-order valence-corrected chi connectivity index (χ3v) is 4.06. The number of hydrogen-bond donors (Lipinski definition) is 0. The Balaban J connectivity index is 2.13. The molecule has 0 N–H and O–H groups in total. The fourth-order valence-electron chi connectivity index (χ4n) is 2.69. The second-order valence-corrected chi connectivity index (χ2v) is 7.26. The molecule has 0 aromatic heterocycles. The van der Waals surface area contributed by atoms with Crippen LogP contribution in [-0.2, 0) is 4.79 Å². The van der Waals surface area contributed by atoms with Crippen LogP contribution in [0.5, 0.6) is 0 Å². The van der Waals surface area contributed by atoms with Crippen molar-refractivity contribution in [3.63, 3.8) is 0 Å². The highest BCUT2D eigenvalue weighted by molar-refractivity contribution is 5.82. The lowest BCUT2D eigenvalue weighted by Crippen LogP contribution is -2.41. The van der Waals surface area contributed by atoms with E-state index in [0.29, 0.717) is 5.92 Å². The van der Waals surface area contributed by atoms with Gasteiger partial charge in [0.15, 0.2) is 0 Å². The fourth-order valence-corrected chi connectivity index (χ4v) is 2.69. The van der Waals surface area contributed by atoms with Crippen molar-refractivity contribution in [1.29, 1.82) is 0 Å². The van der Waals surface area contributed by atoms with Crippen molar-refractivity contribution in [3.05, 3.63) is 41.5 Å². The van der Waals surface area contributed by atoms with Crippen LogP contribution in [0.2, 0.25) is 0 Å². The second kappa shape index (κ2) is 6.05. The van der Waals surface area contributed by atoms with Gasteiger partial charge in [-0.3, -0.25) is 4.79 Å². The summed E-state index contributed by atoms with van der Waals surface area (Å²) in [6.45, 7) is 12.0. The van der Waals surface area contributed by atoms with Crippen molar-refractivity contribution < 1.29 is 4.79 Å². The SMILES string of the molecule is CC(C)c1cccc(C2=CCN(C(=O)C(C)(C)C)CC2)c1. The summed E-state index contributed by atoms with van der Waals surface area (Å²) in [6.07, 6.45) is 3.16. The quantitative estimate of drug-likeness (QED) is 0.785. The van der Waals surface area contributed by atoms with E-state index in [9.17, 15) is 4.79 Å². The van der Waals surface area contributed by atoms with Crippen LogP contribution in [0.1, 0.15) is 58.1 Å². The summed E-state index contributed by atoms with van der Waals surface area (Å²) < 4.78 is 0. The number of carbonyl (C=O) groups is 1. The molecular weight excluding hydrogens is 258 g/mol. The molecule has 2 nitrogen and oxygen atoms in total. The van der Waals surface area contributed by atoms with E-state index in [2.05, 4.69) is 44.2 Å². The Hall–Kier alpha value is -1.57. The van der Waals surface area contributed by atoms with Gasteiger partial charge in [0.2, 0.25) is 5.91 Å². The smallest absolute Gasteiger partial charge is 0.228 e. The lowest BCUT2D eigenvalue weighted by Gasteiger charge is -2.32. The average Bonchev–Trinajstić information content (AvgIpc) is 2.46. The normalized spacial score (nSPS) is 16.1. The lowest BCUT2D eigenvalue weighted by atomic mass is 9.91. The predicted molar refractivity (Wildman–Crippen MR) is 89.2 cm³/mol. The molecule has 1 aliphatic heterocycles. The van der Waals surface area contributed by atoms with E-state index in [1.807, 2.05) is 25.7 Å². The Labute approximate surface area is 128 Å². The molecule has 0 aliphatic carbocycles. The summed E-state index contributed by atoms with van der Waals surface area (Å²) in [5.41, 5.74) is 3.77. The molecule has 0 unspecified atom stereocenters. The molecule has 0 saturated carbocycles. The van der Waals surface area contributed by atoms with E-state index in [0.717, 1.165) is 19.5 Å². The molecule has 0 bridgehead atoms. The number of rotatable bonds is 2.